The van der Waals surface area contributed by atoms with Crippen LogP contribution >= 0.6 is 35.1 Å². The van der Waals surface area contributed by atoms with Crippen LogP contribution in [0.5, 0.6) is 0 Å². The van der Waals surface area contributed by atoms with E-state index >= 15 is 0 Å². The van der Waals surface area contributed by atoms with E-state index in [-0.39, 0.29) is 5.97 Å². The van der Waals surface area contributed by atoms with E-state index in [9.17, 15) is 4.79 Å². The van der Waals surface area contributed by atoms with Gasteiger partial charge in [-0.05, 0) is 58.0 Å². The molecule has 0 fully saturated rings. The summed E-state index contributed by atoms with van der Waals surface area (Å²) < 4.78 is 7.04. The van der Waals surface area contributed by atoms with Gasteiger partial charge in [0.05, 0.1) is 12.4 Å². The Morgan fingerprint density at radius 1 is 1.17 bits per heavy atom. The summed E-state index contributed by atoms with van der Waals surface area (Å²) in [5.41, 5.74) is 2.70. The highest BCUT2D eigenvalue weighted by molar-refractivity contribution is 8.00. The van der Waals surface area contributed by atoms with Crippen molar-refractivity contribution in [3.8, 4) is 5.69 Å². The van der Waals surface area contributed by atoms with Gasteiger partial charge < -0.3 is 4.74 Å². The molecule has 0 bridgehead atoms. The van der Waals surface area contributed by atoms with Gasteiger partial charge in [0.15, 0.2) is 10.3 Å². The molecule has 7 nitrogen and oxygen atoms in total. The number of aryl methyl sites for hydroxylation is 2. The first-order valence-corrected chi connectivity index (χ1v) is 11.6. The SMILES string of the molecule is CCOC(=O)C(C)Sc1nnc(CSc2nc(C)cc(C)n2)n1-c1ccc(Cl)cc1. The summed E-state index contributed by atoms with van der Waals surface area (Å²) in [7, 11) is 0. The van der Waals surface area contributed by atoms with Crippen LogP contribution in [0.3, 0.4) is 0 Å². The standard InChI is InChI=1S/C20H22ClN5O2S2/c1-5-28-18(27)14(4)30-20-25-24-17(26(20)16-8-6-15(21)7-9-16)11-29-19-22-12(2)10-13(3)23-19/h6-10,14H,5,11H2,1-4H3. The van der Waals surface area contributed by atoms with E-state index in [1.807, 2.05) is 48.7 Å². The molecule has 0 amide bonds. The number of thioether (sulfide) groups is 2. The zero-order valence-corrected chi connectivity index (χ0v) is 19.5. The number of carbonyl (C=O) groups is 1. The molecule has 0 saturated heterocycles. The van der Waals surface area contributed by atoms with Crippen LogP contribution in [0.4, 0.5) is 0 Å². The number of hydrogen-bond acceptors (Lipinski definition) is 8. The van der Waals surface area contributed by atoms with Crippen LogP contribution in [0.1, 0.15) is 31.1 Å². The van der Waals surface area contributed by atoms with Gasteiger partial charge in [-0.2, -0.15) is 0 Å². The third-order valence-electron chi connectivity index (χ3n) is 3.98. The second-order valence-electron chi connectivity index (χ2n) is 6.44. The Kier molecular flexibility index (Phi) is 7.74. The van der Waals surface area contributed by atoms with Crippen molar-refractivity contribution in [2.24, 2.45) is 0 Å². The van der Waals surface area contributed by atoms with Gasteiger partial charge in [-0.15, -0.1) is 10.2 Å². The second-order valence-corrected chi connectivity index (χ2v) is 9.13. The fourth-order valence-corrected chi connectivity index (χ4v) is 4.55. The van der Waals surface area contributed by atoms with Crippen LogP contribution in [-0.2, 0) is 15.3 Å². The Morgan fingerprint density at radius 3 is 2.47 bits per heavy atom. The minimum Gasteiger partial charge on any atom is -0.465 e. The topological polar surface area (TPSA) is 82.8 Å². The van der Waals surface area contributed by atoms with Crippen molar-refractivity contribution in [1.29, 1.82) is 0 Å². The molecule has 1 atom stereocenters. The smallest absolute Gasteiger partial charge is 0.319 e. The molecule has 0 aliphatic heterocycles. The predicted molar refractivity (Wildman–Crippen MR) is 119 cm³/mol. The minimum atomic E-state index is -0.413. The van der Waals surface area contributed by atoms with Crippen LogP contribution in [0, 0.1) is 13.8 Å². The molecule has 1 aromatic carbocycles. The molecule has 0 saturated carbocycles. The highest BCUT2D eigenvalue weighted by Gasteiger charge is 2.22. The van der Waals surface area contributed by atoms with Gasteiger partial charge in [-0.3, -0.25) is 9.36 Å². The molecule has 0 radical (unpaired) electrons. The van der Waals surface area contributed by atoms with Crippen LogP contribution in [0.25, 0.3) is 5.69 Å². The van der Waals surface area contributed by atoms with Gasteiger partial charge in [0.1, 0.15) is 11.1 Å². The average Bonchev–Trinajstić information content (AvgIpc) is 3.09. The van der Waals surface area contributed by atoms with Crippen molar-refractivity contribution < 1.29 is 9.53 Å². The first kappa shape index (κ1) is 22.6. The molecule has 3 rings (SSSR count). The zero-order valence-electron chi connectivity index (χ0n) is 17.1. The summed E-state index contributed by atoms with van der Waals surface area (Å²) in [6.45, 7) is 7.81. The monoisotopic (exact) mass is 463 g/mol. The maximum Gasteiger partial charge on any atom is 0.319 e. The minimum absolute atomic E-state index is 0.285. The molecule has 0 spiro atoms. The fraction of sp³-hybridized carbons (Fsp3) is 0.350. The maximum atomic E-state index is 12.1. The van der Waals surface area contributed by atoms with E-state index < -0.39 is 5.25 Å². The predicted octanol–water partition coefficient (Wildman–Crippen LogP) is 4.66. The van der Waals surface area contributed by atoms with E-state index in [1.165, 1.54) is 23.5 Å². The summed E-state index contributed by atoms with van der Waals surface area (Å²) in [5, 5.41) is 10.2. The van der Waals surface area contributed by atoms with Gasteiger partial charge >= 0.3 is 5.97 Å². The quantitative estimate of drug-likeness (QED) is 0.271. The number of carbonyl (C=O) groups excluding carboxylic acids is 1. The van der Waals surface area contributed by atoms with E-state index in [0.29, 0.717) is 27.7 Å². The number of hydrogen-bond donors (Lipinski definition) is 0. The summed E-state index contributed by atoms with van der Waals surface area (Å²) in [6.07, 6.45) is 0. The molecule has 10 heteroatoms. The number of esters is 1. The third kappa shape index (κ3) is 5.74. The molecule has 1 unspecified atom stereocenters. The maximum absolute atomic E-state index is 12.1. The molecule has 2 heterocycles. The lowest BCUT2D eigenvalue weighted by atomic mass is 10.3. The number of aromatic nitrogens is 5. The number of nitrogens with zero attached hydrogens (tertiary/aromatic N) is 5. The van der Waals surface area contributed by atoms with Gasteiger partial charge in [-0.25, -0.2) is 9.97 Å². The molecule has 3 aromatic rings. The Morgan fingerprint density at radius 2 is 1.83 bits per heavy atom. The lowest BCUT2D eigenvalue weighted by molar-refractivity contribution is -0.142. The highest BCUT2D eigenvalue weighted by Crippen LogP contribution is 2.29. The molecular weight excluding hydrogens is 442 g/mol. The van der Waals surface area contributed by atoms with Gasteiger partial charge in [0.2, 0.25) is 0 Å². The molecule has 0 aliphatic rings. The van der Waals surface area contributed by atoms with Crippen molar-refractivity contribution >= 4 is 41.1 Å². The zero-order chi connectivity index (χ0) is 21.7. The molecule has 0 N–H and O–H groups in total. The Labute approximate surface area is 189 Å². The van der Waals surface area contributed by atoms with Crippen molar-refractivity contribution in [1.82, 2.24) is 24.7 Å². The van der Waals surface area contributed by atoms with Crippen LogP contribution in [0.2, 0.25) is 5.02 Å². The van der Waals surface area contributed by atoms with Crippen LogP contribution < -0.4 is 0 Å². The molecule has 30 heavy (non-hydrogen) atoms. The van der Waals surface area contributed by atoms with Crippen LogP contribution in [0.15, 0.2) is 40.6 Å². The lowest BCUT2D eigenvalue weighted by Crippen LogP contribution is -2.17. The summed E-state index contributed by atoms with van der Waals surface area (Å²) in [6, 6.07) is 9.35. The summed E-state index contributed by atoms with van der Waals surface area (Å²) >= 11 is 8.85. The largest absolute Gasteiger partial charge is 0.465 e. The van der Waals surface area contributed by atoms with Gasteiger partial charge in [0.25, 0.3) is 0 Å². The number of halogens is 1. The van der Waals surface area contributed by atoms with Crippen molar-refractivity contribution in [2.75, 3.05) is 6.61 Å². The van der Waals surface area contributed by atoms with Crippen LogP contribution in [-0.4, -0.2) is 42.6 Å². The van der Waals surface area contributed by atoms with Crippen molar-refractivity contribution in [2.45, 2.75) is 49.0 Å². The Balaban J connectivity index is 1.89. The number of ether oxygens (including phenoxy) is 1. The van der Waals surface area contributed by atoms with Gasteiger partial charge in [-0.1, -0.05) is 35.1 Å². The second kappa shape index (κ2) is 10.3. The van der Waals surface area contributed by atoms with Crippen molar-refractivity contribution in [3.63, 3.8) is 0 Å². The first-order valence-electron chi connectivity index (χ1n) is 9.36. The lowest BCUT2D eigenvalue weighted by Gasteiger charge is -2.13. The Bertz CT molecular complexity index is 1010. The molecule has 2 aromatic heterocycles. The average molecular weight is 464 g/mol. The fourth-order valence-electron chi connectivity index (χ4n) is 2.67. The van der Waals surface area contributed by atoms with E-state index in [4.69, 9.17) is 16.3 Å². The molecule has 0 aliphatic carbocycles. The van der Waals surface area contributed by atoms with E-state index in [2.05, 4.69) is 20.2 Å². The Hall–Kier alpha value is -2.10. The first-order chi connectivity index (χ1) is 14.4. The van der Waals surface area contributed by atoms with E-state index in [1.54, 1.807) is 13.8 Å². The number of benzene rings is 1. The third-order valence-corrected chi connectivity index (χ3v) is 6.09. The number of rotatable bonds is 8. The normalized spacial score (nSPS) is 12.0. The summed E-state index contributed by atoms with van der Waals surface area (Å²) in [5.74, 6) is 0.962. The molecule has 158 valence electrons. The van der Waals surface area contributed by atoms with Gasteiger partial charge in [0, 0.05) is 22.1 Å². The van der Waals surface area contributed by atoms with E-state index in [0.717, 1.165) is 22.9 Å². The highest BCUT2D eigenvalue weighted by atomic mass is 35.5. The van der Waals surface area contributed by atoms with Crippen molar-refractivity contribution in [3.05, 3.63) is 52.6 Å². The molecular formula is C20H22ClN5O2S2. The summed E-state index contributed by atoms with van der Waals surface area (Å²) in [4.78, 5) is 21.0.